The SMILES string of the molecule is CC(C)N(CCBr)C(=O)OC(C)(C)C. The lowest BCUT2D eigenvalue weighted by atomic mass is 10.2. The molecule has 0 radical (unpaired) electrons. The summed E-state index contributed by atoms with van der Waals surface area (Å²) in [4.78, 5) is 13.4. The molecule has 0 spiro atoms. The van der Waals surface area contributed by atoms with Crippen molar-refractivity contribution in [3.63, 3.8) is 0 Å². The van der Waals surface area contributed by atoms with Gasteiger partial charge in [-0.3, -0.25) is 0 Å². The third-order valence-corrected chi connectivity index (χ3v) is 1.93. The number of alkyl halides is 1. The number of halogens is 1. The van der Waals surface area contributed by atoms with Crippen LogP contribution in [0.3, 0.4) is 0 Å². The highest BCUT2D eigenvalue weighted by Crippen LogP contribution is 2.11. The van der Waals surface area contributed by atoms with E-state index in [1.54, 1.807) is 4.90 Å². The Morgan fingerprint density at radius 2 is 1.93 bits per heavy atom. The van der Waals surface area contributed by atoms with Gasteiger partial charge >= 0.3 is 6.09 Å². The van der Waals surface area contributed by atoms with E-state index in [4.69, 9.17) is 4.74 Å². The van der Waals surface area contributed by atoms with E-state index in [1.807, 2.05) is 34.6 Å². The lowest BCUT2D eigenvalue weighted by Gasteiger charge is -2.29. The monoisotopic (exact) mass is 265 g/mol. The topological polar surface area (TPSA) is 29.5 Å². The maximum atomic E-state index is 11.7. The zero-order valence-corrected chi connectivity index (χ0v) is 11.2. The normalized spacial score (nSPS) is 11.6. The molecule has 0 aromatic rings. The van der Waals surface area contributed by atoms with Crippen molar-refractivity contribution in [3.05, 3.63) is 0 Å². The number of ether oxygens (including phenoxy) is 1. The van der Waals surface area contributed by atoms with Gasteiger partial charge in [-0.2, -0.15) is 0 Å². The van der Waals surface area contributed by atoms with E-state index in [2.05, 4.69) is 15.9 Å². The van der Waals surface area contributed by atoms with Gasteiger partial charge in [-0.1, -0.05) is 15.9 Å². The zero-order valence-electron chi connectivity index (χ0n) is 9.63. The summed E-state index contributed by atoms with van der Waals surface area (Å²) in [7, 11) is 0. The minimum atomic E-state index is -0.420. The molecule has 14 heavy (non-hydrogen) atoms. The molecular weight excluding hydrogens is 246 g/mol. The maximum Gasteiger partial charge on any atom is 0.410 e. The first-order valence-electron chi connectivity index (χ1n) is 4.83. The lowest BCUT2D eigenvalue weighted by Crippen LogP contribution is -2.41. The van der Waals surface area contributed by atoms with E-state index in [-0.39, 0.29) is 12.1 Å². The van der Waals surface area contributed by atoms with Crippen LogP contribution in [0.5, 0.6) is 0 Å². The Hall–Kier alpha value is -0.250. The first kappa shape index (κ1) is 13.8. The van der Waals surface area contributed by atoms with Gasteiger partial charge in [-0.15, -0.1) is 0 Å². The highest BCUT2D eigenvalue weighted by molar-refractivity contribution is 9.09. The molecule has 0 heterocycles. The molecule has 0 aromatic carbocycles. The summed E-state index contributed by atoms with van der Waals surface area (Å²) >= 11 is 3.32. The fraction of sp³-hybridized carbons (Fsp3) is 0.900. The van der Waals surface area contributed by atoms with E-state index in [9.17, 15) is 4.79 Å². The molecule has 0 aliphatic carbocycles. The summed E-state index contributed by atoms with van der Waals surface area (Å²) in [5.41, 5.74) is -0.420. The number of nitrogens with zero attached hydrogens (tertiary/aromatic N) is 1. The second-order valence-corrected chi connectivity index (χ2v) is 5.25. The summed E-state index contributed by atoms with van der Waals surface area (Å²) < 4.78 is 5.28. The largest absolute Gasteiger partial charge is 0.444 e. The molecule has 0 atom stereocenters. The quantitative estimate of drug-likeness (QED) is 0.735. The number of hydrogen-bond donors (Lipinski definition) is 0. The van der Waals surface area contributed by atoms with Crippen LogP contribution < -0.4 is 0 Å². The van der Waals surface area contributed by atoms with Crippen molar-refractivity contribution in [2.24, 2.45) is 0 Å². The first-order valence-corrected chi connectivity index (χ1v) is 5.95. The predicted octanol–water partition coefficient (Wildman–Crippen LogP) is 3.03. The molecule has 0 saturated heterocycles. The molecule has 0 aliphatic heterocycles. The zero-order chi connectivity index (χ0) is 11.4. The van der Waals surface area contributed by atoms with Crippen molar-refractivity contribution in [3.8, 4) is 0 Å². The molecule has 0 unspecified atom stereocenters. The average Bonchev–Trinajstić information content (AvgIpc) is 1.95. The Morgan fingerprint density at radius 3 is 2.21 bits per heavy atom. The number of hydrogen-bond acceptors (Lipinski definition) is 2. The highest BCUT2D eigenvalue weighted by atomic mass is 79.9. The Bertz CT molecular complexity index is 187. The molecule has 0 aliphatic rings. The van der Waals surface area contributed by atoms with Gasteiger partial charge in [0.15, 0.2) is 0 Å². The van der Waals surface area contributed by atoms with Crippen LogP contribution in [0.25, 0.3) is 0 Å². The van der Waals surface area contributed by atoms with Crippen molar-refractivity contribution >= 4 is 22.0 Å². The molecule has 84 valence electrons. The van der Waals surface area contributed by atoms with Gasteiger partial charge in [0.2, 0.25) is 0 Å². The van der Waals surface area contributed by atoms with Crippen LogP contribution in [-0.4, -0.2) is 34.5 Å². The third kappa shape index (κ3) is 5.47. The van der Waals surface area contributed by atoms with Crippen LogP contribution in [0.2, 0.25) is 0 Å². The Kier molecular flexibility index (Phi) is 5.49. The van der Waals surface area contributed by atoms with Crippen LogP contribution in [0.15, 0.2) is 0 Å². The molecule has 0 saturated carbocycles. The summed E-state index contributed by atoms with van der Waals surface area (Å²) in [6.07, 6.45) is -0.244. The molecule has 1 amide bonds. The van der Waals surface area contributed by atoms with Gasteiger partial charge in [-0.05, 0) is 34.6 Å². The van der Waals surface area contributed by atoms with E-state index < -0.39 is 5.60 Å². The molecule has 0 N–H and O–H groups in total. The molecule has 4 heteroatoms. The van der Waals surface area contributed by atoms with Crippen molar-refractivity contribution < 1.29 is 9.53 Å². The van der Waals surface area contributed by atoms with Gasteiger partial charge in [0.1, 0.15) is 5.60 Å². The van der Waals surface area contributed by atoms with Crippen molar-refractivity contribution in [2.75, 3.05) is 11.9 Å². The standard InChI is InChI=1S/C10H20BrNO2/c1-8(2)12(7-6-11)9(13)14-10(3,4)5/h8H,6-7H2,1-5H3. The summed E-state index contributed by atoms with van der Waals surface area (Å²) in [5.74, 6) is 0. The van der Waals surface area contributed by atoms with Gasteiger partial charge < -0.3 is 9.64 Å². The van der Waals surface area contributed by atoms with Crippen LogP contribution in [-0.2, 0) is 4.74 Å². The van der Waals surface area contributed by atoms with Crippen molar-refractivity contribution in [1.29, 1.82) is 0 Å². The van der Waals surface area contributed by atoms with Crippen molar-refractivity contribution in [2.45, 2.75) is 46.3 Å². The van der Waals surface area contributed by atoms with Gasteiger partial charge in [-0.25, -0.2) is 4.79 Å². The molecular formula is C10H20BrNO2. The van der Waals surface area contributed by atoms with E-state index >= 15 is 0 Å². The highest BCUT2D eigenvalue weighted by Gasteiger charge is 2.23. The summed E-state index contributed by atoms with van der Waals surface area (Å²) in [6, 6.07) is 0.169. The number of rotatable bonds is 3. The van der Waals surface area contributed by atoms with Crippen molar-refractivity contribution in [1.82, 2.24) is 4.90 Å². The second kappa shape index (κ2) is 5.59. The summed E-state index contributed by atoms with van der Waals surface area (Å²) in [6.45, 7) is 10.2. The lowest BCUT2D eigenvalue weighted by molar-refractivity contribution is 0.0206. The van der Waals surface area contributed by atoms with Crippen LogP contribution in [0.1, 0.15) is 34.6 Å². The molecule has 0 bridgehead atoms. The Morgan fingerprint density at radius 1 is 1.43 bits per heavy atom. The molecule has 0 fully saturated rings. The number of carbonyl (C=O) groups is 1. The molecule has 0 rings (SSSR count). The average molecular weight is 266 g/mol. The molecule has 3 nitrogen and oxygen atoms in total. The van der Waals surface area contributed by atoms with Gasteiger partial charge in [0.05, 0.1) is 0 Å². The predicted molar refractivity (Wildman–Crippen MR) is 61.9 cm³/mol. The van der Waals surface area contributed by atoms with Crippen LogP contribution >= 0.6 is 15.9 Å². The van der Waals surface area contributed by atoms with Crippen LogP contribution in [0, 0.1) is 0 Å². The minimum Gasteiger partial charge on any atom is -0.444 e. The van der Waals surface area contributed by atoms with Gasteiger partial charge in [0, 0.05) is 17.9 Å². The fourth-order valence-corrected chi connectivity index (χ4v) is 1.35. The fourth-order valence-electron chi connectivity index (χ4n) is 0.972. The number of carbonyl (C=O) groups excluding carboxylic acids is 1. The second-order valence-electron chi connectivity index (χ2n) is 4.46. The van der Waals surface area contributed by atoms with E-state index in [0.29, 0.717) is 6.54 Å². The third-order valence-electron chi connectivity index (χ3n) is 1.58. The maximum absolute atomic E-state index is 11.7. The minimum absolute atomic E-state index is 0.169. The van der Waals surface area contributed by atoms with E-state index in [1.165, 1.54) is 0 Å². The van der Waals surface area contributed by atoms with Crippen LogP contribution in [0.4, 0.5) is 4.79 Å². The Balaban J connectivity index is 4.30. The first-order chi connectivity index (χ1) is 6.28. The van der Waals surface area contributed by atoms with Gasteiger partial charge in [0.25, 0.3) is 0 Å². The summed E-state index contributed by atoms with van der Waals surface area (Å²) in [5, 5.41) is 0.768. The smallest absolute Gasteiger partial charge is 0.410 e. The molecule has 0 aromatic heterocycles. The number of amides is 1. The van der Waals surface area contributed by atoms with E-state index in [0.717, 1.165) is 5.33 Å². The Labute approximate surface area is 94.9 Å².